The van der Waals surface area contributed by atoms with E-state index in [1.165, 1.54) is 6.42 Å². The minimum atomic E-state index is 0.202. The van der Waals surface area contributed by atoms with Gasteiger partial charge in [0.05, 0.1) is 0 Å². The highest BCUT2D eigenvalue weighted by Crippen LogP contribution is 2.28. The van der Waals surface area contributed by atoms with E-state index in [9.17, 15) is 4.79 Å². The number of piperidine rings is 2. The number of carbonyl (C=O) groups excluding carboxylic acids is 1. The first-order valence-corrected chi connectivity index (χ1v) is 6.32. The molecule has 3 aliphatic rings. The molecule has 1 aromatic carbocycles. The lowest BCUT2D eigenvalue weighted by atomic mass is 9.91. The molecule has 3 heterocycles. The van der Waals surface area contributed by atoms with Crippen molar-refractivity contribution in [3.8, 4) is 0 Å². The molecule has 3 nitrogen and oxygen atoms in total. The molecule has 3 aliphatic heterocycles. The van der Waals surface area contributed by atoms with Crippen LogP contribution in [-0.4, -0.2) is 47.9 Å². The Balaban J connectivity index is 1.80. The third-order valence-electron chi connectivity index (χ3n) is 4.09. The number of likely N-dealkylation sites (N-methyl/N-ethyl adjacent to an activating group) is 1. The summed E-state index contributed by atoms with van der Waals surface area (Å²) >= 11 is 0. The van der Waals surface area contributed by atoms with Crippen LogP contribution in [0.25, 0.3) is 0 Å². The predicted molar refractivity (Wildman–Crippen MR) is 66.9 cm³/mol. The van der Waals surface area contributed by atoms with E-state index in [0.29, 0.717) is 12.1 Å². The van der Waals surface area contributed by atoms with Gasteiger partial charge in [-0.05, 0) is 32.0 Å². The molecule has 3 saturated heterocycles. The van der Waals surface area contributed by atoms with Crippen molar-refractivity contribution in [2.24, 2.45) is 0 Å². The summed E-state index contributed by atoms with van der Waals surface area (Å²) in [4.78, 5) is 16.9. The summed E-state index contributed by atoms with van der Waals surface area (Å²) in [6, 6.07) is 10.6. The molecule has 2 unspecified atom stereocenters. The van der Waals surface area contributed by atoms with Crippen molar-refractivity contribution >= 4 is 5.91 Å². The van der Waals surface area contributed by atoms with E-state index in [1.807, 2.05) is 30.3 Å². The molecule has 0 N–H and O–H groups in total. The summed E-state index contributed by atoms with van der Waals surface area (Å²) in [6.07, 6.45) is 2.40. The molecule has 2 atom stereocenters. The van der Waals surface area contributed by atoms with Gasteiger partial charge >= 0.3 is 0 Å². The number of nitrogens with zero attached hydrogens (tertiary/aromatic N) is 2. The second kappa shape index (κ2) is 4.15. The predicted octanol–water partition coefficient (Wildman–Crippen LogP) is 1.61. The SMILES string of the molecule is CN1CC2CCC1CN2C(=O)c1ccccc1. The van der Waals surface area contributed by atoms with Gasteiger partial charge in [-0.15, -0.1) is 0 Å². The second-order valence-corrected chi connectivity index (χ2v) is 5.15. The topological polar surface area (TPSA) is 23.6 Å². The number of hydrogen-bond donors (Lipinski definition) is 0. The van der Waals surface area contributed by atoms with Gasteiger partial charge in [-0.2, -0.15) is 0 Å². The van der Waals surface area contributed by atoms with Crippen LogP contribution in [0.4, 0.5) is 0 Å². The van der Waals surface area contributed by atoms with Crippen molar-refractivity contribution < 1.29 is 4.79 Å². The molecule has 4 rings (SSSR count). The molecule has 90 valence electrons. The van der Waals surface area contributed by atoms with E-state index in [-0.39, 0.29) is 5.91 Å². The lowest BCUT2D eigenvalue weighted by molar-refractivity contribution is -0.0000856. The van der Waals surface area contributed by atoms with Crippen LogP contribution >= 0.6 is 0 Å². The maximum absolute atomic E-state index is 12.4. The van der Waals surface area contributed by atoms with Crippen LogP contribution in [0.5, 0.6) is 0 Å². The normalized spacial score (nSPS) is 28.4. The smallest absolute Gasteiger partial charge is 0.254 e. The third-order valence-corrected chi connectivity index (χ3v) is 4.09. The number of piperazine rings is 1. The van der Waals surface area contributed by atoms with Crippen molar-refractivity contribution in [1.29, 1.82) is 0 Å². The Kier molecular flexibility index (Phi) is 2.63. The Morgan fingerprint density at radius 2 is 1.82 bits per heavy atom. The minimum absolute atomic E-state index is 0.202. The fraction of sp³-hybridized carbons (Fsp3) is 0.500. The molecular weight excluding hydrogens is 212 g/mol. The summed E-state index contributed by atoms with van der Waals surface area (Å²) in [6.45, 7) is 1.93. The molecular formula is C14H18N2O. The van der Waals surface area contributed by atoms with Gasteiger partial charge in [-0.1, -0.05) is 18.2 Å². The minimum Gasteiger partial charge on any atom is -0.333 e. The molecule has 3 fully saturated rings. The summed E-state index contributed by atoms with van der Waals surface area (Å²) < 4.78 is 0. The van der Waals surface area contributed by atoms with Gasteiger partial charge in [0.15, 0.2) is 0 Å². The van der Waals surface area contributed by atoms with E-state index in [0.717, 1.165) is 25.1 Å². The number of hydrogen-bond acceptors (Lipinski definition) is 2. The van der Waals surface area contributed by atoms with Crippen molar-refractivity contribution in [1.82, 2.24) is 9.80 Å². The molecule has 3 heteroatoms. The van der Waals surface area contributed by atoms with Crippen LogP contribution in [0.15, 0.2) is 30.3 Å². The third kappa shape index (κ3) is 1.84. The zero-order chi connectivity index (χ0) is 11.8. The quantitative estimate of drug-likeness (QED) is 0.731. The van der Waals surface area contributed by atoms with Crippen LogP contribution in [0.2, 0.25) is 0 Å². The fourth-order valence-corrected chi connectivity index (χ4v) is 3.03. The average molecular weight is 230 g/mol. The summed E-state index contributed by atoms with van der Waals surface area (Å²) in [5, 5.41) is 0. The van der Waals surface area contributed by atoms with Gasteiger partial charge in [0.1, 0.15) is 0 Å². The lowest BCUT2D eigenvalue weighted by Crippen LogP contribution is -2.62. The fourth-order valence-electron chi connectivity index (χ4n) is 3.03. The van der Waals surface area contributed by atoms with Crippen LogP contribution in [-0.2, 0) is 0 Å². The summed E-state index contributed by atoms with van der Waals surface area (Å²) in [5.74, 6) is 0.202. The monoisotopic (exact) mass is 230 g/mol. The number of benzene rings is 1. The molecule has 0 spiro atoms. The van der Waals surface area contributed by atoms with Crippen molar-refractivity contribution in [3.63, 3.8) is 0 Å². The first-order valence-electron chi connectivity index (χ1n) is 6.32. The van der Waals surface area contributed by atoms with Crippen LogP contribution < -0.4 is 0 Å². The highest BCUT2D eigenvalue weighted by molar-refractivity contribution is 5.94. The molecule has 1 amide bonds. The van der Waals surface area contributed by atoms with Gasteiger partial charge in [-0.25, -0.2) is 0 Å². The second-order valence-electron chi connectivity index (χ2n) is 5.15. The van der Waals surface area contributed by atoms with Crippen LogP contribution in [0.1, 0.15) is 23.2 Å². The Morgan fingerprint density at radius 3 is 2.41 bits per heavy atom. The molecule has 1 aromatic rings. The van der Waals surface area contributed by atoms with Crippen molar-refractivity contribution in [3.05, 3.63) is 35.9 Å². The molecule has 17 heavy (non-hydrogen) atoms. The standard InChI is InChI=1S/C14H18N2O/c1-15-9-13-8-7-12(15)10-16(13)14(17)11-5-3-2-4-6-11/h2-6,12-13H,7-10H2,1H3. The van der Waals surface area contributed by atoms with Crippen molar-refractivity contribution in [2.75, 3.05) is 20.1 Å². The van der Waals surface area contributed by atoms with E-state index < -0.39 is 0 Å². The lowest BCUT2D eigenvalue weighted by Gasteiger charge is -2.50. The zero-order valence-electron chi connectivity index (χ0n) is 10.2. The summed E-state index contributed by atoms with van der Waals surface area (Å²) in [7, 11) is 2.17. The molecule has 0 saturated carbocycles. The first kappa shape index (κ1) is 10.8. The number of fused-ring (bicyclic) bond motifs is 3. The number of carbonyl (C=O) groups is 1. The van der Waals surface area contributed by atoms with Gasteiger partial charge in [0.2, 0.25) is 0 Å². The van der Waals surface area contributed by atoms with E-state index in [1.54, 1.807) is 0 Å². The Hall–Kier alpha value is -1.35. The van der Waals surface area contributed by atoms with Gasteiger partial charge in [-0.3, -0.25) is 9.69 Å². The van der Waals surface area contributed by atoms with Crippen LogP contribution in [0, 0.1) is 0 Å². The Morgan fingerprint density at radius 1 is 1.12 bits per heavy atom. The van der Waals surface area contributed by atoms with Gasteiger partial charge in [0, 0.05) is 30.7 Å². The Bertz CT molecular complexity index is 417. The van der Waals surface area contributed by atoms with E-state index in [4.69, 9.17) is 0 Å². The van der Waals surface area contributed by atoms with E-state index >= 15 is 0 Å². The number of rotatable bonds is 1. The van der Waals surface area contributed by atoms with Gasteiger partial charge in [0.25, 0.3) is 5.91 Å². The largest absolute Gasteiger partial charge is 0.333 e. The Labute approximate surface area is 102 Å². The van der Waals surface area contributed by atoms with Gasteiger partial charge < -0.3 is 4.90 Å². The zero-order valence-corrected chi connectivity index (χ0v) is 10.2. The summed E-state index contributed by atoms with van der Waals surface area (Å²) in [5.41, 5.74) is 0.822. The maximum Gasteiger partial charge on any atom is 0.254 e. The molecule has 0 aliphatic carbocycles. The molecule has 0 aromatic heterocycles. The highest BCUT2D eigenvalue weighted by Gasteiger charge is 2.39. The highest BCUT2D eigenvalue weighted by atomic mass is 16.2. The molecule has 2 bridgehead atoms. The number of amides is 1. The molecule has 0 radical (unpaired) electrons. The maximum atomic E-state index is 12.4. The average Bonchev–Trinajstić information content (AvgIpc) is 2.39. The van der Waals surface area contributed by atoms with E-state index in [2.05, 4.69) is 16.8 Å². The van der Waals surface area contributed by atoms with Crippen LogP contribution in [0.3, 0.4) is 0 Å². The first-order chi connectivity index (χ1) is 8.25. The van der Waals surface area contributed by atoms with Crippen molar-refractivity contribution in [2.45, 2.75) is 24.9 Å².